The van der Waals surface area contributed by atoms with E-state index in [0.717, 1.165) is 17.9 Å². The molecule has 0 heterocycles. The highest BCUT2D eigenvalue weighted by Crippen LogP contribution is 2.26. The van der Waals surface area contributed by atoms with E-state index in [4.69, 9.17) is 9.47 Å². The summed E-state index contributed by atoms with van der Waals surface area (Å²) in [5, 5.41) is 0. The summed E-state index contributed by atoms with van der Waals surface area (Å²) in [5.41, 5.74) is 0. The van der Waals surface area contributed by atoms with Crippen molar-refractivity contribution >= 4 is 0 Å². The van der Waals surface area contributed by atoms with Gasteiger partial charge in [-0.3, -0.25) is 0 Å². The number of para-hydroxylation sites is 2. The molecule has 0 radical (unpaired) electrons. The van der Waals surface area contributed by atoms with Crippen molar-refractivity contribution in [3.63, 3.8) is 0 Å². The lowest BCUT2D eigenvalue weighted by atomic mass is 10.3. The zero-order valence-electron chi connectivity index (χ0n) is 10.4. The number of benzene rings is 1. The zero-order valence-corrected chi connectivity index (χ0v) is 10.4. The Balaban J connectivity index is 0.000000921. The molecule has 0 aromatic heterocycles. The molecule has 15 heavy (non-hydrogen) atoms. The van der Waals surface area contributed by atoms with E-state index in [0.29, 0.717) is 0 Å². The topological polar surface area (TPSA) is 18.5 Å². The molecule has 1 unspecified atom stereocenters. The first-order valence-electron chi connectivity index (χ1n) is 5.57. The standard InChI is InChI=1S/C11H16O2.C2H6/c1-4-9(2)13-11-8-6-5-7-10(11)12-3;1-2/h5-9H,4H2,1-3H3;1-2H3. The largest absolute Gasteiger partial charge is 0.493 e. The van der Waals surface area contributed by atoms with Crippen molar-refractivity contribution in [2.75, 3.05) is 7.11 Å². The van der Waals surface area contributed by atoms with E-state index in [9.17, 15) is 0 Å². The van der Waals surface area contributed by atoms with Crippen LogP contribution in [0.4, 0.5) is 0 Å². The van der Waals surface area contributed by atoms with Crippen LogP contribution in [0.15, 0.2) is 24.3 Å². The molecular formula is C13H22O2. The molecule has 0 saturated heterocycles. The van der Waals surface area contributed by atoms with Crippen LogP contribution in [-0.2, 0) is 0 Å². The summed E-state index contributed by atoms with van der Waals surface area (Å²) in [5.74, 6) is 1.61. The Bertz CT molecular complexity index is 258. The minimum atomic E-state index is 0.233. The Morgan fingerprint density at radius 2 is 1.67 bits per heavy atom. The van der Waals surface area contributed by atoms with Crippen LogP contribution >= 0.6 is 0 Å². The van der Waals surface area contributed by atoms with Crippen molar-refractivity contribution in [2.24, 2.45) is 0 Å². The number of methoxy groups -OCH3 is 1. The summed E-state index contributed by atoms with van der Waals surface area (Å²) >= 11 is 0. The van der Waals surface area contributed by atoms with Crippen LogP contribution in [0.3, 0.4) is 0 Å². The molecule has 0 saturated carbocycles. The van der Waals surface area contributed by atoms with Gasteiger partial charge < -0.3 is 9.47 Å². The molecule has 0 N–H and O–H groups in total. The SMILES string of the molecule is CC.CCC(C)Oc1ccccc1OC. The van der Waals surface area contributed by atoms with Crippen LogP contribution in [-0.4, -0.2) is 13.2 Å². The second-order valence-electron chi connectivity index (χ2n) is 2.99. The molecule has 0 amide bonds. The van der Waals surface area contributed by atoms with Gasteiger partial charge in [0.05, 0.1) is 13.2 Å². The highest BCUT2D eigenvalue weighted by atomic mass is 16.5. The summed E-state index contributed by atoms with van der Waals surface area (Å²) < 4.78 is 10.8. The Hall–Kier alpha value is -1.18. The molecule has 0 spiro atoms. The second kappa shape index (κ2) is 8.16. The Morgan fingerprint density at radius 3 is 2.13 bits per heavy atom. The third-order valence-electron chi connectivity index (χ3n) is 1.97. The molecule has 86 valence electrons. The average molecular weight is 210 g/mol. The Labute approximate surface area is 93.2 Å². The Kier molecular flexibility index (Phi) is 7.51. The van der Waals surface area contributed by atoms with Crippen molar-refractivity contribution in [1.29, 1.82) is 0 Å². The summed E-state index contributed by atoms with van der Waals surface area (Å²) in [6, 6.07) is 7.70. The molecule has 2 heteroatoms. The van der Waals surface area contributed by atoms with Crippen LogP contribution in [0.5, 0.6) is 11.5 Å². The van der Waals surface area contributed by atoms with Gasteiger partial charge in [0.25, 0.3) is 0 Å². The third-order valence-corrected chi connectivity index (χ3v) is 1.97. The van der Waals surface area contributed by atoms with E-state index >= 15 is 0 Å². The van der Waals surface area contributed by atoms with Crippen LogP contribution in [0, 0.1) is 0 Å². The highest BCUT2D eigenvalue weighted by molar-refractivity contribution is 5.39. The number of hydrogen-bond acceptors (Lipinski definition) is 2. The van der Waals surface area contributed by atoms with Gasteiger partial charge >= 0.3 is 0 Å². The first-order chi connectivity index (χ1) is 7.27. The smallest absolute Gasteiger partial charge is 0.161 e. The average Bonchev–Trinajstić information content (AvgIpc) is 2.32. The van der Waals surface area contributed by atoms with Gasteiger partial charge in [-0.25, -0.2) is 0 Å². The summed E-state index contributed by atoms with van der Waals surface area (Å²) in [4.78, 5) is 0. The van der Waals surface area contributed by atoms with Gasteiger partial charge in [-0.15, -0.1) is 0 Å². The fourth-order valence-electron chi connectivity index (χ4n) is 1.02. The maximum atomic E-state index is 5.66. The number of hydrogen-bond donors (Lipinski definition) is 0. The fourth-order valence-corrected chi connectivity index (χ4v) is 1.02. The molecule has 0 aliphatic carbocycles. The molecule has 1 aromatic carbocycles. The number of rotatable bonds is 4. The number of ether oxygens (including phenoxy) is 2. The van der Waals surface area contributed by atoms with Crippen molar-refractivity contribution in [3.05, 3.63) is 24.3 Å². The predicted octanol–water partition coefficient (Wildman–Crippen LogP) is 3.90. The van der Waals surface area contributed by atoms with Gasteiger partial charge in [-0.05, 0) is 25.5 Å². The summed E-state index contributed by atoms with van der Waals surface area (Å²) in [7, 11) is 1.65. The fraction of sp³-hybridized carbons (Fsp3) is 0.538. The zero-order chi connectivity index (χ0) is 11.7. The molecule has 0 aliphatic heterocycles. The lowest BCUT2D eigenvalue weighted by Crippen LogP contribution is -2.10. The van der Waals surface area contributed by atoms with E-state index in [1.54, 1.807) is 7.11 Å². The highest BCUT2D eigenvalue weighted by Gasteiger charge is 2.05. The van der Waals surface area contributed by atoms with Gasteiger partial charge in [0.15, 0.2) is 11.5 Å². The van der Waals surface area contributed by atoms with Crippen molar-refractivity contribution in [3.8, 4) is 11.5 Å². The predicted molar refractivity (Wildman–Crippen MR) is 64.7 cm³/mol. The Morgan fingerprint density at radius 1 is 1.13 bits per heavy atom. The van der Waals surface area contributed by atoms with Crippen LogP contribution in [0.25, 0.3) is 0 Å². The van der Waals surface area contributed by atoms with Crippen molar-refractivity contribution in [1.82, 2.24) is 0 Å². The molecule has 1 atom stereocenters. The first-order valence-corrected chi connectivity index (χ1v) is 5.57. The van der Waals surface area contributed by atoms with Gasteiger partial charge in [0, 0.05) is 0 Å². The van der Waals surface area contributed by atoms with Crippen LogP contribution in [0.2, 0.25) is 0 Å². The molecule has 1 rings (SSSR count). The summed E-state index contributed by atoms with van der Waals surface area (Å²) in [6.07, 6.45) is 1.23. The van der Waals surface area contributed by atoms with Gasteiger partial charge in [-0.1, -0.05) is 32.9 Å². The molecule has 0 bridgehead atoms. The van der Waals surface area contributed by atoms with E-state index in [1.165, 1.54) is 0 Å². The van der Waals surface area contributed by atoms with Crippen LogP contribution in [0.1, 0.15) is 34.1 Å². The summed E-state index contributed by atoms with van der Waals surface area (Å²) in [6.45, 7) is 8.15. The quantitative estimate of drug-likeness (QED) is 0.750. The van der Waals surface area contributed by atoms with E-state index in [1.807, 2.05) is 45.0 Å². The maximum absolute atomic E-state index is 5.66. The normalized spacial score (nSPS) is 11.0. The van der Waals surface area contributed by atoms with E-state index in [-0.39, 0.29) is 6.10 Å². The van der Waals surface area contributed by atoms with Gasteiger partial charge in [-0.2, -0.15) is 0 Å². The van der Waals surface area contributed by atoms with Gasteiger partial charge in [0.1, 0.15) is 0 Å². The lowest BCUT2D eigenvalue weighted by molar-refractivity contribution is 0.207. The third kappa shape index (κ3) is 4.73. The van der Waals surface area contributed by atoms with Crippen LogP contribution < -0.4 is 9.47 Å². The molecule has 2 nitrogen and oxygen atoms in total. The minimum Gasteiger partial charge on any atom is -0.493 e. The maximum Gasteiger partial charge on any atom is 0.161 e. The minimum absolute atomic E-state index is 0.233. The molecule has 1 aromatic rings. The van der Waals surface area contributed by atoms with Crippen molar-refractivity contribution < 1.29 is 9.47 Å². The van der Waals surface area contributed by atoms with E-state index in [2.05, 4.69) is 6.92 Å². The molecule has 0 fully saturated rings. The lowest BCUT2D eigenvalue weighted by Gasteiger charge is -2.14. The van der Waals surface area contributed by atoms with E-state index < -0.39 is 0 Å². The molecule has 0 aliphatic rings. The monoisotopic (exact) mass is 210 g/mol. The molecular weight excluding hydrogens is 188 g/mol. The van der Waals surface area contributed by atoms with Crippen molar-refractivity contribution in [2.45, 2.75) is 40.2 Å². The van der Waals surface area contributed by atoms with Gasteiger partial charge in [0.2, 0.25) is 0 Å². The second-order valence-corrected chi connectivity index (χ2v) is 2.99. The first kappa shape index (κ1) is 13.8.